The van der Waals surface area contributed by atoms with E-state index in [2.05, 4.69) is 16.1 Å². The van der Waals surface area contributed by atoms with Crippen LogP contribution in [0.3, 0.4) is 0 Å². The van der Waals surface area contributed by atoms with E-state index >= 15 is 0 Å². The van der Waals surface area contributed by atoms with Crippen LogP contribution in [0.2, 0.25) is 5.02 Å². The van der Waals surface area contributed by atoms with E-state index in [1.807, 2.05) is 49.4 Å². The Balaban J connectivity index is 1.53. The van der Waals surface area contributed by atoms with Gasteiger partial charge in [-0.25, -0.2) is 4.79 Å². The number of nitriles is 1. The molecule has 0 aliphatic carbocycles. The molecule has 0 bridgehead atoms. The first kappa shape index (κ1) is 27.2. The van der Waals surface area contributed by atoms with Crippen molar-refractivity contribution in [3.63, 3.8) is 0 Å². The van der Waals surface area contributed by atoms with Crippen LogP contribution in [0.4, 0.5) is 5.69 Å². The Hall–Kier alpha value is -4.80. The van der Waals surface area contributed by atoms with Crippen LogP contribution < -0.4 is 14.8 Å². The highest BCUT2D eigenvalue weighted by atomic mass is 35.5. The lowest BCUT2D eigenvalue weighted by atomic mass is 10.1. The summed E-state index contributed by atoms with van der Waals surface area (Å²) in [6.07, 6.45) is 1.42. The summed E-state index contributed by atoms with van der Waals surface area (Å²) < 4.78 is 16.5. The predicted molar refractivity (Wildman–Crippen MR) is 151 cm³/mol. The number of hydrogen-bond acceptors (Lipinski definition) is 6. The maximum Gasteiger partial charge on any atom is 0.337 e. The number of ether oxygens (including phenoxy) is 3. The molecular weight excluding hydrogens is 516 g/mol. The number of anilines is 1. The Morgan fingerprint density at radius 3 is 2.41 bits per heavy atom. The highest BCUT2D eigenvalue weighted by Gasteiger charge is 2.15. The Bertz CT molecular complexity index is 1590. The summed E-state index contributed by atoms with van der Waals surface area (Å²) in [6, 6.07) is 25.5. The van der Waals surface area contributed by atoms with Crippen LogP contribution in [0.15, 0.2) is 84.4 Å². The number of halogens is 1. The molecule has 1 N–H and O–H groups in total. The summed E-state index contributed by atoms with van der Waals surface area (Å²) in [5, 5.41) is 14.8. The number of esters is 1. The van der Waals surface area contributed by atoms with E-state index in [1.54, 1.807) is 24.3 Å². The fourth-order valence-electron chi connectivity index (χ4n) is 3.88. The molecule has 196 valence electrons. The van der Waals surface area contributed by atoms with E-state index in [4.69, 9.17) is 21.1 Å². The van der Waals surface area contributed by atoms with Gasteiger partial charge >= 0.3 is 5.97 Å². The van der Waals surface area contributed by atoms with Crippen LogP contribution >= 0.6 is 11.6 Å². The van der Waals surface area contributed by atoms with E-state index < -0.39 is 11.9 Å². The molecule has 0 aromatic heterocycles. The van der Waals surface area contributed by atoms with Crippen LogP contribution in [0.1, 0.15) is 28.4 Å². The Kier molecular flexibility index (Phi) is 8.82. The minimum Gasteiger partial charge on any atom is -0.490 e. The number of amides is 1. The zero-order valence-electron chi connectivity index (χ0n) is 21.4. The van der Waals surface area contributed by atoms with Gasteiger partial charge in [0.15, 0.2) is 11.5 Å². The fraction of sp³-hybridized carbons (Fsp3) is 0.129. The molecule has 4 aromatic carbocycles. The van der Waals surface area contributed by atoms with E-state index in [-0.39, 0.29) is 17.2 Å². The van der Waals surface area contributed by atoms with E-state index in [1.165, 1.54) is 25.3 Å². The Morgan fingerprint density at radius 1 is 0.974 bits per heavy atom. The van der Waals surface area contributed by atoms with Crippen LogP contribution in [-0.4, -0.2) is 25.6 Å². The molecule has 0 saturated heterocycles. The van der Waals surface area contributed by atoms with E-state index in [0.717, 1.165) is 16.3 Å². The number of nitrogens with zero attached hydrogens (tertiary/aromatic N) is 1. The number of hydrogen-bond donors (Lipinski definition) is 1. The molecule has 0 heterocycles. The summed E-state index contributed by atoms with van der Waals surface area (Å²) in [5.74, 6) is -0.336. The van der Waals surface area contributed by atoms with Crippen LogP contribution in [0, 0.1) is 11.3 Å². The maximum atomic E-state index is 12.8. The van der Waals surface area contributed by atoms with Gasteiger partial charge in [0.05, 0.1) is 24.3 Å². The lowest BCUT2D eigenvalue weighted by Gasteiger charge is -2.15. The molecule has 7 nitrogen and oxygen atoms in total. The van der Waals surface area contributed by atoms with Crippen molar-refractivity contribution < 1.29 is 23.8 Å². The first-order valence-corrected chi connectivity index (χ1v) is 12.5. The largest absolute Gasteiger partial charge is 0.490 e. The summed E-state index contributed by atoms with van der Waals surface area (Å²) in [5.41, 5.74) is 2.08. The Morgan fingerprint density at radius 2 is 1.72 bits per heavy atom. The number of carbonyl (C=O) groups is 2. The van der Waals surface area contributed by atoms with Gasteiger partial charge in [0.1, 0.15) is 18.2 Å². The molecular formula is C31H25ClN2O5. The third kappa shape index (κ3) is 6.75. The second-order valence-electron chi connectivity index (χ2n) is 8.43. The van der Waals surface area contributed by atoms with Gasteiger partial charge in [-0.15, -0.1) is 0 Å². The van der Waals surface area contributed by atoms with Gasteiger partial charge in [-0.3, -0.25) is 4.79 Å². The molecule has 0 atom stereocenters. The average Bonchev–Trinajstić information content (AvgIpc) is 2.95. The summed E-state index contributed by atoms with van der Waals surface area (Å²) >= 11 is 6.56. The van der Waals surface area contributed by atoms with Crippen molar-refractivity contribution in [2.75, 3.05) is 19.0 Å². The van der Waals surface area contributed by atoms with Crippen molar-refractivity contribution >= 4 is 46.0 Å². The van der Waals surface area contributed by atoms with E-state index in [9.17, 15) is 14.9 Å². The molecule has 0 fully saturated rings. The van der Waals surface area contributed by atoms with Gasteiger partial charge in [0, 0.05) is 5.69 Å². The molecule has 0 spiro atoms. The van der Waals surface area contributed by atoms with Gasteiger partial charge in [-0.05, 0) is 77.4 Å². The summed E-state index contributed by atoms with van der Waals surface area (Å²) in [4.78, 5) is 24.4. The molecule has 0 radical (unpaired) electrons. The van der Waals surface area contributed by atoms with Crippen LogP contribution in [-0.2, 0) is 16.1 Å². The number of methoxy groups -OCH3 is 1. The Labute approximate surface area is 231 Å². The predicted octanol–water partition coefficient (Wildman–Crippen LogP) is 6.80. The lowest BCUT2D eigenvalue weighted by molar-refractivity contribution is -0.112. The molecule has 0 unspecified atom stereocenters. The normalized spacial score (nSPS) is 11.0. The maximum absolute atomic E-state index is 12.8. The van der Waals surface area contributed by atoms with Gasteiger partial charge in [-0.2, -0.15) is 5.26 Å². The monoisotopic (exact) mass is 540 g/mol. The minimum atomic E-state index is -0.617. The molecule has 0 aliphatic rings. The number of carbonyl (C=O) groups excluding carboxylic acids is 2. The van der Waals surface area contributed by atoms with Crippen molar-refractivity contribution in [2.45, 2.75) is 13.5 Å². The van der Waals surface area contributed by atoms with Gasteiger partial charge in [0.2, 0.25) is 0 Å². The van der Waals surface area contributed by atoms with E-state index in [0.29, 0.717) is 34.9 Å². The SMILES string of the molecule is CCOc1cc(/C=C(\C#N)C(=O)Nc2ccc(C(=O)OC)cc2)cc(Cl)c1OCc1ccc2ccccc2c1. The topological polar surface area (TPSA) is 97.7 Å². The molecule has 1 amide bonds. The van der Waals surface area contributed by atoms with Gasteiger partial charge in [-0.1, -0.05) is 48.0 Å². The molecule has 39 heavy (non-hydrogen) atoms. The highest BCUT2D eigenvalue weighted by molar-refractivity contribution is 6.32. The zero-order chi connectivity index (χ0) is 27.8. The van der Waals surface area contributed by atoms with Crippen molar-refractivity contribution in [3.05, 3.63) is 106 Å². The number of fused-ring (bicyclic) bond motifs is 1. The standard InChI is InChI=1S/C31H25ClN2O5/c1-3-38-28-17-21(15-25(18-33)30(35)34-26-12-10-23(11-13-26)31(36)37-2)16-27(32)29(28)39-19-20-8-9-22-6-4-5-7-24(22)14-20/h4-17H,3,19H2,1-2H3,(H,34,35)/b25-15+. The number of benzene rings is 4. The average molecular weight is 541 g/mol. The number of nitrogens with one attached hydrogen (secondary N) is 1. The molecule has 0 saturated carbocycles. The van der Waals surface area contributed by atoms with Crippen molar-refractivity contribution in [1.82, 2.24) is 0 Å². The first-order chi connectivity index (χ1) is 18.9. The van der Waals surface area contributed by atoms with Crippen molar-refractivity contribution in [3.8, 4) is 17.6 Å². The van der Waals surface area contributed by atoms with Crippen molar-refractivity contribution in [2.24, 2.45) is 0 Å². The molecule has 4 rings (SSSR count). The summed E-state index contributed by atoms with van der Waals surface area (Å²) in [7, 11) is 1.29. The van der Waals surface area contributed by atoms with Crippen LogP contribution in [0.5, 0.6) is 11.5 Å². The fourth-order valence-corrected chi connectivity index (χ4v) is 4.15. The van der Waals surface area contributed by atoms with Gasteiger partial charge < -0.3 is 19.5 Å². The first-order valence-electron chi connectivity index (χ1n) is 12.1. The highest BCUT2D eigenvalue weighted by Crippen LogP contribution is 2.38. The smallest absolute Gasteiger partial charge is 0.337 e. The number of rotatable bonds is 9. The second kappa shape index (κ2) is 12.6. The third-order valence-corrected chi connectivity index (χ3v) is 6.05. The quantitative estimate of drug-likeness (QED) is 0.142. The molecule has 8 heteroatoms. The minimum absolute atomic E-state index is 0.143. The summed E-state index contributed by atoms with van der Waals surface area (Å²) in [6.45, 7) is 2.48. The molecule has 4 aromatic rings. The lowest BCUT2D eigenvalue weighted by Crippen LogP contribution is -2.13. The van der Waals surface area contributed by atoms with Crippen LogP contribution in [0.25, 0.3) is 16.8 Å². The van der Waals surface area contributed by atoms with Crippen molar-refractivity contribution in [1.29, 1.82) is 5.26 Å². The molecule has 0 aliphatic heterocycles. The second-order valence-corrected chi connectivity index (χ2v) is 8.83. The third-order valence-electron chi connectivity index (χ3n) is 5.77. The zero-order valence-corrected chi connectivity index (χ0v) is 22.1. The van der Waals surface area contributed by atoms with Gasteiger partial charge in [0.25, 0.3) is 5.91 Å².